The molecular weight excluding hydrogens is 228 g/mol. The number of carbonyl (C=O) groups excluding carboxylic acids is 1. The van der Waals surface area contributed by atoms with Gasteiger partial charge in [-0.25, -0.2) is 4.98 Å². The number of anilines is 2. The summed E-state index contributed by atoms with van der Waals surface area (Å²) >= 11 is 0. The Morgan fingerprint density at radius 1 is 1.44 bits per heavy atom. The topological polar surface area (TPSA) is 94.0 Å². The first-order valence-corrected chi connectivity index (χ1v) is 6.40. The average molecular weight is 248 g/mol. The van der Waals surface area contributed by atoms with Crippen molar-refractivity contribution in [2.75, 3.05) is 11.1 Å². The lowest BCUT2D eigenvalue weighted by Gasteiger charge is -2.30. The summed E-state index contributed by atoms with van der Waals surface area (Å²) in [6.07, 6.45) is 6.38. The van der Waals surface area contributed by atoms with Gasteiger partial charge in [-0.15, -0.1) is 0 Å². The molecule has 1 fully saturated rings. The van der Waals surface area contributed by atoms with Gasteiger partial charge in [-0.3, -0.25) is 4.79 Å². The van der Waals surface area contributed by atoms with Gasteiger partial charge >= 0.3 is 0 Å². The lowest BCUT2D eigenvalue weighted by atomic mass is 9.86. The Hall–Kier alpha value is -1.78. The fourth-order valence-electron chi connectivity index (χ4n) is 2.48. The predicted octanol–water partition coefficient (Wildman–Crippen LogP) is 1.75. The van der Waals surface area contributed by atoms with Gasteiger partial charge in [-0.2, -0.15) is 0 Å². The second-order valence-electron chi connectivity index (χ2n) is 5.03. The summed E-state index contributed by atoms with van der Waals surface area (Å²) in [4.78, 5) is 15.4. The van der Waals surface area contributed by atoms with Crippen LogP contribution in [0, 0.1) is 5.92 Å². The number of amides is 1. The molecule has 1 aliphatic carbocycles. The van der Waals surface area contributed by atoms with Crippen molar-refractivity contribution in [3.05, 3.63) is 17.8 Å². The average Bonchev–Trinajstić information content (AvgIpc) is 2.34. The van der Waals surface area contributed by atoms with Gasteiger partial charge in [0.05, 0.1) is 17.4 Å². The van der Waals surface area contributed by atoms with Crippen molar-refractivity contribution in [1.29, 1.82) is 0 Å². The van der Waals surface area contributed by atoms with Gasteiger partial charge in [-0.1, -0.05) is 19.8 Å². The fraction of sp³-hybridized carbons (Fsp3) is 0.538. The molecule has 1 heterocycles. The first kappa shape index (κ1) is 12.7. The van der Waals surface area contributed by atoms with E-state index in [-0.39, 0.29) is 0 Å². The molecule has 1 aliphatic rings. The molecule has 1 aromatic rings. The first-order chi connectivity index (χ1) is 8.58. The van der Waals surface area contributed by atoms with Crippen molar-refractivity contribution < 1.29 is 4.79 Å². The van der Waals surface area contributed by atoms with Crippen molar-refractivity contribution in [1.82, 2.24) is 4.98 Å². The summed E-state index contributed by atoms with van der Waals surface area (Å²) in [6.45, 7) is 2.24. The molecule has 0 bridgehead atoms. The molecular formula is C13H20N4O. The third kappa shape index (κ3) is 2.72. The third-order valence-electron chi connectivity index (χ3n) is 3.64. The number of carbonyl (C=O) groups is 1. The Labute approximate surface area is 107 Å². The molecule has 0 aromatic carbocycles. The summed E-state index contributed by atoms with van der Waals surface area (Å²) in [5.41, 5.74) is 11.6. The van der Waals surface area contributed by atoms with E-state index in [0.717, 1.165) is 6.42 Å². The van der Waals surface area contributed by atoms with Crippen LogP contribution in [0.25, 0.3) is 0 Å². The van der Waals surface area contributed by atoms with Crippen LogP contribution in [0.4, 0.5) is 11.5 Å². The van der Waals surface area contributed by atoms with Crippen LogP contribution in [-0.4, -0.2) is 16.9 Å². The Bertz CT molecular complexity index is 447. The Morgan fingerprint density at radius 3 is 2.83 bits per heavy atom. The molecule has 18 heavy (non-hydrogen) atoms. The number of primary amides is 1. The minimum absolute atomic E-state index is 0.324. The number of nitrogens with two attached hydrogens (primary N) is 2. The molecule has 5 N–H and O–H groups in total. The minimum Gasteiger partial charge on any atom is -0.397 e. The Morgan fingerprint density at radius 2 is 2.17 bits per heavy atom. The fourth-order valence-corrected chi connectivity index (χ4v) is 2.48. The van der Waals surface area contributed by atoms with Gasteiger partial charge in [0.2, 0.25) is 0 Å². The highest BCUT2D eigenvalue weighted by molar-refractivity contribution is 5.98. The smallest absolute Gasteiger partial charge is 0.250 e. The van der Waals surface area contributed by atoms with E-state index in [9.17, 15) is 4.79 Å². The highest BCUT2D eigenvalue weighted by Gasteiger charge is 2.21. The summed E-state index contributed by atoms with van der Waals surface area (Å²) in [7, 11) is 0. The van der Waals surface area contributed by atoms with Gasteiger partial charge in [0.1, 0.15) is 5.82 Å². The summed E-state index contributed by atoms with van der Waals surface area (Å²) < 4.78 is 0. The van der Waals surface area contributed by atoms with Crippen molar-refractivity contribution in [2.45, 2.75) is 38.6 Å². The van der Waals surface area contributed by atoms with E-state index in [4.69, 9.17) is 11.5 Å². The first-order valence-electron chi connectivity index (χ1n) is 6.40. The van der Waals surface area contributed by atoms with Gasteiger partial charge in [0, 0.05) is 6.04 Å². The highest BCUT2D eigenvalue weighted by Crippen LogP contribution is 2.26. The van der Waals surface area contributed by atoms with E-state index in [1.54, 1.807) is 6.07 Å². The third-order valence-corrected chi connectivity index (χ3v) is 3.64. The van der Waals surface area contributed by atoms with Crippen molar-refractivity contribution in [2.24, 2.45) is 11.7 Å². The lowest BCUT2D eigenvalue weighted by Crippen LogP contribution is -2.30. The molecule has 2 unspecified atom stereocenters. The van der Waals surface area contributed by atoms with E-state index < -0.39 is 5.91 Å². The quantitative estimate of drug-likeness (QED) is 0.759. The van der Waals surface area contributed by atoms with Crippen molar-refractivity contribution >= 4 is 17.4 Å². The van der Waals surface area contributed by atoms with Crippen LogP contribution in [0.15, 0.2) is 12.3 Å². The number of nitrogens with one attached hydrogen (secondary N) is 1. The standard InChI is InChI=1S/C13H20N4O/c1-8-4-2-3-5-11(8)17-12-6-9(13(15)18)10(14)7-16-12/h6-8,11H,2-5,14H2,1H3,(H2,15,18)(H,16,17). The second kappa shape index (κ2) is 5.25. The maximum absolute atomic E-state index is 11.2. The highest BCUT2D eigenvalue weighted by atomic mass is 16.1. The maximum Gasteiger partial charge on any atom is 0.250 e. The number of hydrogen-bond acceptors (Lipinski definition) is 4. The van der Waals surface area contributed by atoms with E-state index in [2.05, 4.69) is 17.2 Å². The van der Waals surface area contributed by atoms with Crippen LogP contribution >= 0.6 is 0 Å². The number of hydrogen-bond donors (Lipinski definition) is 3. The molecule has 5 heteroatoms. The zero-order valence-electron chi connectivity index (χ0n) is 10.6. The van der Waals surface area contributed by atoms with Gasteiger partial charge < -0.3 is 16.8 Å². The Balaban J connectivity index is 2.14. The SMILES string of the molecule is CC1CCCCC1Nc1cc(C(N)=O)c(N)cn1. The van der Waals surface area contributed by atoms with Crippen LogP contribution in [0.1, 0.15) is 43.0 Å². The van der Waals surface area contributed by atoms with Crippen molar-refractivity contribution in [3.63, 3.8) is 0 Å². The van der Waals surface area contributed by atoms with E-state index >= 15 is 0 Å². The lowest BCUT2D eigenvalue weighted by molar-refractivity contribution is 0.100. The molecule has 2 rings (SSSR count). The number of rotatable bonds is 3. The molecule has 0 spiro atoms. The summed E-state index contributed by atoms with van der Waals surface area (Å²) in [6, 6.07) is 2.05. The summed E-state index contributed by atoms with van der Waals surface area (Å²) in [5, 5.41) is 3.38. The number of nitrogen functional groups attached to an aromatic ring is 1. The number of nitrogens with zero attached hydrogens (tertiary/aromatic N) is 1. The van der Waals surface area contributed by atoms with Gasteiger partial charge in [0.15, 0.2) is 0 Å². The van der Waals surface area contributed by atoms with Crippen LogP contribution in [0.5, 0.6) is 0 Å². The molecule has 0 radical (unpaired) electrons. The molecule has 0 saturated heterocycles. The molecule has 2 atom stereocenters. The zero-order chi connectivity index (χ0) is 13.1. The maximum atomic E-state index is 11.2. The summed E-state index contributed by atoms with van der Waals surface area (Å²) in [5.74, 6) is 0.779. The van der Waals surface area contributed by atoms with E-state index in [0.29, 0.717) is 29.0 Å². The van der Waals surface area contributed by atoms with E-state index in [1.807, 2.05) is 0 Å². The largest absolute Gasteiger partial charge is 0.397 e. The van der Waals surface area contributed by atoms with Gasteiger partial charge in [-0.05, 0) is 24.8 Å². The van der Waals surface area contributed by atoms with Crippen LogP contribution in [-0.2, 0) is 0 Å². The molecule has 98 valence electrons. The molecule has 1 amide bonds. The normalized spacial score (nSPS) is 23.6. The van der Waals surface area contributed by atoms with Crippen LogP contribution < -0.4 is 16.8 Å². The minimum atomic E-state index is -0.519. The monoisotopic (exact) mass is 248 g/mol. The van der Waals surface area contributed by atoms with Crippen molar-refractivity contribution in [3.8, 4) is 0 Å². The molecule has 5 nitrogen and oxygen atoms in total. The molecule has 1 saturated carbocycles. The van der Waals surface area contributed by atoms with Crippen LogP contribution in [0.2, 0.25) is 0 Å². The number of aromatic nitrogens is 1. The Kier molecular flexibility index (Phi) is 3.69. The second-order valence-corrected chi connectivity index (χ2v) is 5.03. The van der Waals surface area contributed by atoms with E-state index in [1.165, 1.54) is 25.5 Å². The zero-order valence-corrected chi connectivity index (χ0v) is 10.6. The molecule has 0 aliphatic heterocycles. The van der Waals surface area contributed by atoms with Crippen LogP contribution in [0.3, 0.4) is 0 Å². The number of pyridine rings is 1. The molecule has 1 aromatic heterocycles. The van der Waals surface area contributed by atoms with Gasteiger partial charge in [0.25, 0.3) is 5.91 Å². The predicted molar refractivity (Wildman–Crippen MR) is 72.2 cm³/mol.